The average molecular weight is 357 g/mol. The normalized spacial score (nSPS) is 20.0. The second-order valence-electron chi connectivity index (χ2n) is 8.32. The predicted octanol–water partition coefficient (Wildman–Crippen LogP) is 2.21. The molecule has 2 aliphatic heterocycles. The van der Waals surface area contributed by atoms with Crippen LogP contribution >= 0.6 is 0 Å². The molecule has 0 radical (unpaired) electrons. The summed E-state index contributed by atoms with van der Waals surface area (Å²) in [6.45, 7) is 8.08. The van der Waals surface area contributed by atoms with E-state index in [0.717, 1.165) is 45.4 Å². The van der Waals surface area contributed by atoms with Crippen LogP contribution in [0.25, 0.3) is 0 Å². The van der Waals surface area contributed by atoms with E-state index < -0.39 is 0 Å². The van der Waals surface area contributed by atoms with Gasteiger partial charge in [0.1, 0.15) is 0 Å². The minimum atomic E-state index is -0.231. The number of benzene rings is 1. The van der Waals surface area contributed by atoms with Gasteiger partial charge in [0, 0.05) is 27.2 Å². The third-order valence-electron chi connectivity index (χ3n) is 5.93. The third kappa shape index (κ3) is 3.93. The molecule has 0 bridgehead atoms. The molecule has 2 fully saturated rings. The highest BCUT2D eigenvalue weighted by atomic mass is 16.2. The molecule has 1 aromatic carbocycles. The van der Waals surface area contributed by atoms with E-state index in [1.807, 2.05) is 0 Å². The number of nitrogens with zero attached hydrogens (tertiary/aromatic N) is 3. The minimum Gasteiger partial charge on any atom is -0.347 e. The monoisotopic (exact) mass is 357 g/mol. The summed E-state index contributed by atoms with van der Waals surface area (Å²) in [6, 6.07) is 6.72. The zero-order valence-corrected chi connectivity index (χ0v) is 16.5. The van der Waals surface area contributed by atoms with Gasteiger partial charge in [-0.05, 0) is 51.8 Å². The van der Waals surface area contributed by atoms with Gasteiger partial charge >= 0.3 is 0 Å². The van der Waals surface area contributed by atoms with Crippen LogP contribution in [0.2, 0.25) is 0 Å². The predicted molar refractivity (Wildman–Crippen MR) is 103 cm³/mol. The Bertz CT molecular complexity index is 670. The lowest BCUT2D eigenvalue weighted by atomic mass is 9.77. The van der Waals surface area contributed by atoms with Gasteiger partial charge in [-0.1, -0.05) is 29.3 Å². The molecular weight excluding hydrogens is 326 g/mol. The molecule has 5 nitrogen and oxygen atoms in total. The lowest BCUT2D eigenvalue weighted by Gasteiger charge is -2.38. The van der Waals surface area contributed by atoms with Crippen molar-refractivity contribution in [3.05, 3.63) is 34.9 Å². The summed E-state index contributed by atoms with van der Waals surface area (Å²) in [7, 11) is 3.48. The molecule has 1 spiro atoms. The van der Waals surface area contributed by atoms with Gasteiger partial charge in [-0.15, -0.1) is 0 Å². The lowest BCUT2D eigenvalue weighted by Crippen LogP contribution is -2.46. The van der Waals surface area contributed by atoms with E-state index in [1.54, 1.807) is 23.9 Å². The van der Waals surface area contributed by atoms with Gasteiger partial charge in [-0.2, -0.15) is 0 Å². The lowest BCUT2D eigenvalue weighted by molar-refractivity contribution is -0.143. The Balaban J connectivity index is 1.57. The number of likely N-dealkylation sites (N-methyl/N-ethyl adjacent to an activating group) is 1. The van der Waals surface area contributed by atoms with E-state index in [2.05, 4.69) is 36.9 Å². The van der Waals surface area contributed by atoms with Crippen LogP contribution in [0.15, 0.2) is 18.2 Å². The summed E-state index contributed by atoms with van der Waals surface area (Å²) in [5.74, 6) is 0.196. The number of hydrogen-bond donors (Lipinski definition) is 0. The summed E-state index contributed by atoms with van der Waals surface area (Å²) in [5, 5.41) is 0. The van der Waals surface area contributed by atoms with Crippen molar-refractivity contribution >= 4 is 11.8 Å². The molecule has 26 heavy (non-hydrogen) atoms. The van der Waals surface area contributed by atoms with Gasteiger partial charge in [-0.3, -0.25) is 14.5 Å². The van der Waals surface area contributed by atoms with E-state index in [-0.39, 0.29) is 23.8 Å². The molecule has 2 saturated heterocycles. The first kappa shape index (κ1) is 18.9. The van der Waals surface area contributed by atoms with Gasteiger partial charge in [0.15, 0.2) is 0 Å². The van der Waals surface area contributed by atoms with E-state index >= 15 is 0 Å². The SMILES string of the molecule is Cc1cc(C)cc(CN2CCC3(CC2)CCN(CC(=O)N(C)C)C3=O)c1. The molecular formula is C21H31N3O2. The first-order chi connectivity index (χ1) is 12.3. The van der Waals surface area contributed by atoms with Crippen LogP contribution in [0.5, 0.6) is 0 Å². The minimum absolute atomic E-state index is 0.00246. The topological polar surface area (TPSA) is 43.9 Å². The summed E-state index contributed by atoms with van der Waals surface area (Å²) >= 11 is 0. The Morgan fingerprint density at radius 2 is 1.62 bits per heavy atom. The molecule has 0 aliphatic carbocycles. The van der Waals surface area contributed by atoms with Crippen LogP contribution in [0.3, 0.4) is 0 Å². The van der Waals surface area contributed by atoms with Crippen LogP contribution in [-0.4, -0.2) is 66.8 Å². The molecule has 142 valence electrons. The quantitative estimate of drug-likeness (QED) is 0.830. The largest absolute Gasteiger partial charge is 0.347 e. The molecule has 3 rings (SSSR count). The molecule has 0 atom stereocenters. The van der Waals surface area contributed by atoms with E-state index in [9.17, 15) is 9.59 Å². The molecule has 0 N–H and O–H groups in total. The Morgan fingerprint density at radius 3 is 2.19 bits per heavy atom. The standard InChI is InChI=1S/C21H31N3O2/c1-16-11-17(2)13-18(12-16)14-23-8-5-21(6-9-23)7-10-24(20(21)26)15-19(25)22(3)4/h11-13H,5-10,14-15H2,1-4H3. The smallest absolute Gasteiger partial charge is 0.241 e. The van der Waals surface area contributed by atoms with E-state index in [1.165, 1.54) is 16.7 Å². The number of carbonyl (C=O) groups is 2. The van der Waals surface area contributed by atoms with Gasteiger partial charge in [-0.25, -0.2) is 0 Å². The van der Waals surface area contributed by atoms with Gasteiger partial charge in [0.2, 0.25) is 11.8 Å². The fourth-order valence-electron chi connectivity index (χ4n) is 4.37. The fourth-order valence-corrected chi connectivity index (χ4v) is 4.37. The molecule has 0 saturated carbocycles. The Hall–Kier alpha value is -1.88. The first-order valence-electron chi connectivity index (χ1n) is 9.58. The van der Waals surface area contributed by atoms with Crippen LogP contribution in [0, 0.1) is 19.3 Å². The number of hydrogen-bond acceptors (Lipinski definition) is 3. The highest BCUT2D eigenvalue weighted by Crippen LogP contribution is 2.41. The molecule has 5 heteroatoms. The third-order valence-corrected chi connectivity index (χ3v) is 5.93. The van der Waals surface area contributed by atoms with Crippen molar-refractivity contribution in [1.29, 1.82) is 0 Å². The van der Waals surface area contributed by atoms with Crippen molar-refractivity contribution in [3.8, 4) is 0 Å². The molecule has 0 unspecified atom stereocenters. The van der Waals surface area contributed by atoms with Crippen molar-refractivity contribution in [2.75, 3.05) is 40.3 Å². The van der Waals surface area contributed by atoms with Gasteiger partial charge in [0.05, 0.1) is 12.0 Å². The maximum Gasteiger partial charge on any atom is 0.241 e. The van der Waals surface area contributed by atoms with E-state index in [0.29, 0.717) is 0 Å². The zero-order chi connectivity index (χ0) is 18.9. The van der Waals surface area contributed by atoms with Crippen molar-refractivity contribution < 1.29 is 9.59 Å². The average Bonchev–Trinajstić information content (AvgIpc) is 2.86. The number of piperidine rings is 1. The van der Waals surface area contributed by atoms with Gasteiger partial charge < -0.3 is 9.80 Å². The van der Waals surface area contributed by atoms with Gasteiger partial charge in [0.25, 0.3) is 0 Å². The van der Waals surface area contributed by atoms with Crippen molar-refractivity contribution in [1.82, 2.24) is 14.7 Å². The highest BCUT2D eigenvalue weighted by molar-refractivity contribution is 5.89. The van der Waals surface area contributed by atoms with Crippen molar-refractivity contribution in [2.24, 2.45) is 5.41 Å². The second-order valence-corrected chi connectivity index (χ2v) is 8.32. The second kappa shape index (κ2) is 7.39. The number of aryl methyl sites for hydroxylation is 2. The van der Waals surface area contributed by atoms with Crippen molar-refractivity contribution in [3.63, 3.8) is 0 Å². The zero-order valence-electron chi connectivity index (χ0n) is 16.5. The van der Waals surface area contributed by atoms with Crippen molar-refractivity contribution in [2.45, 2.75) is 39.7 Å². The fraction of sp³-hybridized carbons (Fsp3) is 0.619. The molecule has 0 aromatic heterocycles. The van der Waals surface area contributed by atoms with Crippen LogP contribution in [0.4, 0.5) is 0 Å². The summed E-state index contributed by atoms with van der Waals surface area (Å²) in [6.07, 6.45) is 2.70. The highest BCUT2D eigenvalue weighted by Gasteiger charge is 2.48. The maximum absolute atomic E-state index is 12.9. The molecule has 2 amide bonds. The number of amides is 2. The molecule has 2 heterocycles. The maximum atomic E-state index is 12.9. The summed E-state index contributed by atoms with van der Waals surface area (Å²) in [4.78, 5) is 30.7. The summed E-state index contributed by atoms with van der Waals surface area (Å²) < 4.78 is 0. The Labute approximate surface area is 156 Å². The van der Waals surface area contributed by atoms with E-state index in [4.69, 9.17) is 0 Å². The summed E-state index contributed by atoms with van der Waals surface area (Å²) in [5.41, 5.74) is 3.74. The number of rotatable bonds is 4. The Kier molecular flexibility index (Phi) is 5.37. The first-order valence-corrected chi connectivity index (χ1v) is 9.58. The molecule has 1 aromatic rings. The van der Waals surface area contributed by atoms with Crippen LogP contribution in [-0.2, 0) is 16.1 Å². The Morgan fingerprint density at radius 1 is 1.04 bits per heavy atom. The van der Waals surface area contributed by atoms with Crippen LogP contribution < -0.4 is 0 Å². The molecule has 2 aliphatic rings. The van der Waals surface area contributed by atoms with Crippen LogP contribution in [0.1, 0.15) is 36.0 Å². The number of carbonyl (C=O) groups excluding carboxylic acids is 2. The number of likely N-dealkylation sites (tertiary alicyclic amines) is 2.